The van der Waals surface area contributed by atoms with Crippen molar-refractivity contribution in [3.05, 3.63) is 64.7 Å². The van der Waals surface area contributed by atoms with E-state index in [0.717, 1.165) is 22.3 Å². The summed E-state index contributed by atoms with van der Waals surface area (Å²) >= 11 is 0. The van der Waals surface area contributed by atoms with Crippen molar-refractivity contribution in [2.24, 2.45) is 5.10 Å². The average Bonchev–Trinajstić information content (AvgIpc) is 2.63. The van der Waals surface area contributed by atoms with Crippen molar-refractivity contribution in [3.63, 3.8) is 0 Å². The van der Waals surface area contributed by atoms with Crippen LogP contribution in [0.5, 0.6) is 5.75 Å². The van der Waals surface area contributed by atoms with Gasteiger partial charge in [-0.2, -0.15) is 5.10 Å². The molecule has 0 atom stereocenters. The Kier molecular flexibility index (Phi) is 6.91. The highest BCUT2D eigenvalue weighted by molar-refractivity contribution is 5.83. The highest BCUT2D eigenvalue weighted by Gasteiger charge is 2.05. The molecule has 1 N–H and O–H groups in total. The summed E-state index contributed by atoms with van der Waals surface area (Å²) in [5.41, 5.74) is 6.51. The number of carbonyl (C=O) groups is 2. The van der Waals surface area contributed by atoms with E-state index in [2.05, 4.69) is 15.3 Å². The summed E-state index contributed by atoms with van der Waals surface area (Å²) in [6, 6.07) is 13.0. The van der Waals surface area contributed by atoms with Crippen LogP contribution in [0.15, 0.2) is 47.6 Å². The van der Waals surface area contributed by atoms with Crippen LogP contribution in [0.25, 0.3) is 0 Å². The Hall–Kier alpha value is -3.15. The quantitative estimate of drug-likeness (QED) is 0.471. The fourth-order valence-corrected chi connectivity index (χ4v) is 2.23. The largest absolute Gasteiger partial charge is 0.482 e. The van der Waals surface area contributed by atoms with E-state index >= 15 is 0 Å². The maximum Gasteiger partial charge on any atom is 0.343 e. The highest BCUT2D eigenvalue weighted by Crippen LogP contribution is 2.12. The summed E-state index contributed by atoms with van der Waals surface area (Å²) < 4.78 is 9.76. The second-order valence-electron chi connectivity index (χ2n) is 5.83. The second kappa shape index (κ2) is 9.36. The van der Waals surface area contributed by atoms with Crippen LogP contribution in [-0.4, -0.2) is 31.8 Å². The van der Waals surface area contributed by atoms with Gasteiger partial charge in [0.25, 0.3) is 0 Å². The zero-order valence-electron chi connectivity index (χ0n) is 15.1. The third-order valence-electron chi connectivity index (χ3n) is 3.72. The normalized spacial score (nSPS) is 10.6. The van der Waals surface area contributed by atoms with Gasteiger partial charge < -0.3 is 9.47 Å². The number of benzene rings is 2. The van der Waals surface area contributed by atoms with Gasteiger partial charge in [-0.1, -0.05) is 23.8 Å². The Bertz CT molecular complexity index is 798. The Morgan fingerprint density at radius 1 is 1.12 bits per heavy atom. The number of rotatable bonds is 7. The van der Waals surface area contributed by atoms with E-state index in [1.807, 2.05) is 32.0 Å². The number of hydrogen-bond acceptors (Lipinski definition) is 5. The third-order valence-corrected chi connectivity index (χ3v) is 3.72. The molecule has 2 aromatic rings. The number of methoxy groups -OCH3 is 1. The lowest BCUT2D eigenvalue weighted by Gasteiger charge is -2.06. The summed E-state index contributed by atoms with van der Waals surface area (Å²) in [6.45, 7) is 3.84. The van der Waals surface area contributed by atoms with Crippen molar-refractivity contribution < 1.29 is 19.1 Å². The molecule has 1 amide bonds. The van der Waals surface area contributed by atoms with Crippen LogP contribution in [0.3, 0.4) is 0 Å². The Morgan fingerprint density at radius 2 is 1.85 bits per heavy atom. The Labute approximate surface area is 152 Å². The number of ether oxygens (including phenoxy) is 2. The molecule has 0 bridgehead atoms. The molecule has 0 aliphatic rings. The molecule has 0 aliphatic carbocycles. The molecule has 6 nitrogen and oxygen atoms in total. The van der Waals surface area contributed by atoms with E-state index in [9.17, 15) is 9.59 Å². The van der Waals surface area contributed by atoms with Gasteiger partial charge in [-0.3, -0.25) is 4.79 Å². The zero-order chi connectivity index (χ0) is 18.9. The van der Waals surface area contributed by atoms with Crippen molar-refractivity contribution in [1.29, 1.82) is 0 Å². The van der Waals surface area contributed by atoms with Crippen LogP contribution in [0.1, 0.15) is 22.3 Å². The monoisotopic (exact) mass is 354 g/mol. The van der Waals surface area contributed by atoms with Gasteiger partial charge in [0, 0.05) is 0 Å². The second-order valence-corrected chi connectivity index (χ2v) is 5.83. The molecule has 2 rings (SSSR count). The maximum absolute atomic E-state index is 12.0. The SMILES string of the molecule is COC(=O)COc1ccc(/C=N/NC(=O)Cc2cc(C)ccc2C)cc1. The first-order chi connectivity index (χ1) is 12.5. The van der Waals surface area contributed by atoms with Crippen LogP contribution < -0.4 is 10.2 Å². The molecule has 0 saturated heterocycles. The van der Waals surface area contributed by atoms with Crippen LogP contribution in [0, 0.1) is 13.8 Å². The molecule has 6 heteroatoms. The van der Waals surface area contributed by atoms with Crippen LogP contribution in [0.2, 0.25) is 0 Å². The van der Waals surface area contributed by atoms with Gasteiger partial charge in [0.2, 0.25) is 5.91 Å². The number of aryl methyl sites for hydroxylation is 2. The summed E-state index contributed by atoms with van der Waals surface area (Å²) in [7, 11) is 1.31. The molecule has 0 aliphatic heterocycles. The fourth-order valence-electron chi connectivity index (χ4n) is 2.23. The lowest BCUT2D eigenvalue weighted by atomic mass is 10.0. The average molecular weight is 354 g/mol. The molecule has 0 radical (unpaired) electrons. The van der Waals surface area contributed by atoms with Crippen molar-refractivity contribution >= 4 is 18.1 Å². The summed E-state index contributed by atoms with van der Waals surface area (Å²) in [6.07, 6.45) is 1.83. The number of carbonyl (C=O) groups excluding carboxylic acids is 2. The molecular weight excluding hydrogens is 332 g/mol. The number of esters is 1. The van der Waals surface area contributed by atoms with Gasteiger partial charge in [0.15, 0.2) is 6.61 Å². The molecular formula is C20H22N2O4. The number of amides is 1. The lowest BCUT2D eigenvalue weighted by molar-refractivity contribution is -0.142. The van der Waals surface area contributed by atoms with Crippen LogP contribution in [-0.2, 0) is 20.7 Å². The molecule has 136 valence electrons. The molecule has 0 saturated carbocycles. The Morgan fingerprint density at radius 3 is 2.54 bits per heavy atom. The van der Waals surface area contributed by atoms with Crippen molar-refractivity contribution in [2.45, 2.75) is 20.3 Å². The van der Waals surface area contributed by atoms with Gasteiger partial charge in [0.1, 0.15) is 5.75 Å². The van der Waals surface area contributed by atoms with Crippen LogP contribution in [0.4, 0.5) is 0 Å². The minimum Gasteiger partial charge on any atom is -0.482 e. The topological polar surface area (TPSA) is 77.0 Å². The van der Waals surface area contributed by atoms with E-state index in [-0.39, 0.29) is 18.9 Å². The Balaban J connectivity index is 1.84. The first kappa shape index (κ1) is 19.2. The van der Waals surface area contributed by atoms with E-state index in [0.29, 0.717) is 5.75 Å². The molecule has 2 aromatic carbocycles. The number of nitrogens with zero attached hydrogens (tertiary/aromatic N) is 1. The number of hydrazone groups is 1. The molecule has 0 unspecified atom stereocenters. The molecule has 0 aromatic heterocycles. The minimum absolute atomic E-state index is 0.141. The first-order valence-electron chi connectivity index (χ1n) is 8.15. The van der Waals surface area contributed by atoms with E-state index in [1.165, 1.54) is 7.11 Å². The summed E-state index contributed by atoms with van der Waals surface area (Å²) in [5, 5.41) is 3.97. The standard InChI is InChI=1S/C20H22N2O4/c1-14-4-5-15(2)17(10-14)11-19(23)22-21-12-16-6-8-18(9-7-16)26-13-20(24)25-3/h4-10,12H,11,13H2,1-3H3,(H,22,23)/b21-12+. The van der Waals surface area contributed by atoms with Gasteiger partial charge in [0.05, 0.1) is 19.7 Å². The smallest absolute Gasteiger partial charge is 0.343 e. The molecule has 0 heterocycles. The highest BCUT2D eigenvalue weighted by atomic mass is 16.6. The maximum atomic E-state index is 12.0. The van der Waals surface area contributed by atoms with Gasteiger partial charge in [-0.05, 0) is 54.8 Å². The van der Waals surface area contributed by atoms with Gasteiger partial charge in [-0.25, -0.2) is 10.2 Å². The molecule has 26 heavy (non-hydrogen) atoms. The number of nitrogens with one attached hydrogen (secondary N) is 1. The zero-order valence-corrected chi connectivity index (χ0v) is 15.1. The molecule has 0 spiro atoms. The summed E-state index contributed by atoms with van der Waals surface area (Å²) in [4.78, 5) is 23.0. The summed E-state index contributed by atoms with van der Waals surface area (Å²) in [5.74, 6) is -0.0679. The van der Waals surface area contributed by atoms with Crippen molar-refractivity contribution in [1.82, 2.24) is 5.43 Å². The fraction of sp³-hybridized carbons (Fsp3) is 0.250. The van der Waals surface area contributed by atoms with E-state index < -0.39 is 5.97 Å². The predicted molar refractivity (Wildman–Crippen MR) is 99.3 cm³/mol. The van der Waals surface area contributed by atoms with Crippen molar-refractivity contribution in [3.8, 4) is 5.75 Å². The van der Waals surface area contributed by atoms with Gasteiger partial charge >= 0.3 is 5.97 Å². The number of hydrogen-bond donors (Lipinski definition) is 1. The molecule has 0 fully saturated rings. The van der Waals surface area contributed by atoms with Crippen molar-refractivity contribution in [2.75, 3.05) is 13.7 Å². The first-order valence-corrected chi connectivity index (χ1v) is 8.15. The van der Waals surface area contributed by atoms with E-state index in [4.69, 9.17) is 4.74 Å². The third kappa shape index (κ3) is 6.05. The predicted octanol–water partition coefficient (Wildman–Crippen LogP) is 2.55. The van der Waals surface area contributed by atoms with Gasteiger partial charge in [-0.15, -0.1) is 0 Å². The lowest BCUT2D eigenvalue weighted by Crippen LogP contribution is -2.20. The van der Waals surface area contributed by atoms with E-state index in [1.54, 1.807) is 30.5 Å². The minimum atomic E-state index is -0.442. The van der Waals surface area contributed by atoms with Crippen LogP contribution >= 0.6 is 0 Å².